The molecule has 0 aromatic heterocycles. The Balaban J connectivity index is 1.74. The van der Waals surface area contributed by atoms with Gasteiger partial charge in [-0.25, -0.2) is 9.18 Å². The second-order valence-corrected chi connectivity index (χ2v) is 4.64. The number of nitrogens with zero attached hydrogens (tertiary/aromatic N) is 1. The minimum atomic E-state index is -0.537. The summed E-state index contributed by atoms with van der Waals surface area (Å²) in [6.45, 7) is 0. The van der Waals surface area contributed by atoms with Gasteiger partial charge in [-0.2, -0.15) is 0 Å². The topological polar surface area (TPSA) is 50.7 Å². The zero-order valence-corrected chi connectivity index (χ0v) is 10.6. The van der Waals surface area contributed by atoms with Crippen molar-refractivity contribution in [1.29, 1.82) is 0 Å². The molecule has 4 nitrogen and oxygen atoms in total. The standard InChI is InChI=1S/C14H17FN2O2/c15-12-8-6-11(7-9-12)10-16-19-14(18)17-13-4-2-1-3-5-13/h6-10,13H,1-5H2,(H,17,18). The molecule has 1 aromatic carbocycles. The fourth-order valence-electron chi connectivity index (χ4n) is 2.12. The first-order chi connectivity index (χ1) is 9.24. The second kappa shape index (κ2) is 6.87. The molecule has 1 fully saturated rings. The van der Waals surface area contributed by atoms with Gasteiger partial charge >= 0.3 is 6.09 Å². The average molecular weight is 264 g/mol. The average Bonchev–Trinajstić information content (AvgIpc) is 2.42. The lowest BCUT2D eigenvalue weighted by Crippen LogP contribution is -2.35. The molecular weight excluding hydrogens is 247 g/mol. The van der Waals surface area contributed by atoms with Gasteiger partial charge in [0.15, 0.2) is 0 Å². The summed E-state index contributed by atoms with van der Waals surface area (Å²) in [5, 5.41) is 6.36. The zero-order valence-electron chi connectivity index (χ0n) is 10.6. The zero-order chi connectivity index (χ0) is 13.5. The molecule has 1 amide bonds. The number of carbonyl (C=O) groups is 1. The minimum Gasteiger partial charge on any atom is -0.317 e. The summed E-state index contributed by atoms with van der Waals surface area (Å²) in [5.74, 6) is -0.312. The van der Waals surface area contributed by atoms with Crippen LogP contribution in [0.4, 0.5) is 9.18 Å². The van der Waals surface area contributed by atoms with E-state index < -0.39 is 6.09 Å². The van der Waals surface area contributed by atoms with E-state index in [4.69, 9.17) is 4.84 Å². The molecule has 0 aliphatic heterocycles. The molecule has 1 aromatic rings. The van der Waals surface area contributed by atoms with Crippen LogP contribution in [0, 0.1) is 5.82 Å². The van der Waals surface area contributed by atoms with Gasteiger partial charge in [0.1, 0.15) is 5.82 Å². The quantitative estimate of drug-likeness (QED) is 0.517. The Bertz CT molecular complexity index is 439. The van der Waals surface area contributed by atoms with Gasteiger partial charge in [0.05, 0.1) is 6.21 Å². The number of halogens is 1. The molecule has 0 atom stereocenters. The lowest BCUT2D eigenvalue weighted by molar-refractivity contribution is 0.144. The number of rotatable bonds is 3. The maximum Gasteiger partial charge on any atom is 0.433 e. The third kappa shape index (κ3) is 4.69. The lowest BCUT2D eigenvalue weighted by Gasteiger charge is -2.21. The van der Waals surface area contributed by atoms with Crippen molar-refractivity contribution < 1.29 is 14.0 Å². The molecule has 5 heteroatoms. The van der Waals surface area contributed by atoms with Crippen molar-refractivity contribution in [3.05, 3.63) is 35.6 Å². The third-order valence-electron chi connectivity index (χ3n) is 3.13. The van der Waals surface area contributed by atoms with Crippen LogP contribution in [-0.4, -0.2) is 18.3 Å². The first-order valence-corrected chi connectivity index (χ1v) is 6.50. The highest BCUT2D eigenvalue weighted by atomic mass is 19.1. The monoisotopic (exact) mass is 264 g/mol. The molecule has 1 aliphatic rings. The smallest absolute Gasteiger partial charge is 0.317 e. The number of hydrogen-bond acceptors (Lipinski definition) is 3. The minimum absolute atomic E-state index is 0.197. The van der Waals surface area contributed by atoms with E-state index in [1.807, 2.05) is 0 Å². The Morgan fingerprint density at radius 2 is 1.95 bits per heavy atom. The largest absolute Gasteiger partial charge is 0.433 e. The molecular formula is C14H17FN2O2. The van der Waals surface area contributed by atoms with Crippen molar-refractivity contribution in [2.24, 2.45) is 5.16 Å². The van der Waals surface area contributed by atoms with E-state index in [9.17, 15) is 9.18 Å². The Kier molecular flexibility index (Phi) is 4.89. The number of benzene rings is 1. The number of oxime groups is 1. The lowest BCUT2D eigenvalue weighted by atomic mass is 9.96. The van der Waals surface area contributed by atoms with Crippen LogP contribution in [0.5, 0.6) is 0 Å². The van der Waals surface area contributed by atoms with E-state index in [0.717, 1.165) is 25.7 Å². The van der Waals surface area contributed by atoms with Gasteiger partial charge in [-0.05, 0) is 30.5 Å². The summed E-state index contributed by atoms with van der Waals surface area (Å²) in [6.07, 6.45) is 6.35. The number of nitrogens with one attached hydrogen (secondary N) is 1. The Labute approximate surface area is 111 Å². The van der Waals surface area contributed by atoms with Gasteiger partial charge in [-0.15, -0.1) is 0 Å². The fraction of sp³-hybridized carbons (Fsp3) is 0.429. The second-order valence-electron chi connectivity index (χ2n) is 4.64. The van der Waals surface area contributed by atoms with Crippen LogP contribution in [0.25, 0.3) is 0 Å². The van der Waals surface area contributed by atoms with Crippen LogP contribution in [0.1, 0.15) is 37.7 Å². The maximum atomic E-state index is 12.7. The highest BCUT2D eigenvalue weighted by molar-refractivity contribution is 5.79. The van der Waals surface area contributed by atoms with Crippen LogP contribution in [-0.2, 0) is 4.84 Å². The van der Waals surface area contributed by atoms with Crippen molar-refractivity contribution in [1.82, 2.24) is 5.32 Å². The van der Waals surface area contributed by atoms with Crippen molar-refractivity contribution in [2.45, 2.75) is 38.1 Å². The maximum absolute atomic E-state index is 12.7. The van der Waals surface area contributed by atoms with Crippen molar-refractivity contribution in [3.8, 4) is 0 Å². The summed E-state index contributed by atoms with van der Waals surface area (Å²) >= 11 is 0. The third-order valence-corrected chi connectivity index (χ3v) is 3.13. The summed E-state index contributed by atoms with van der Waals surface area (Å²) in [7, 11) is 0. The Morgan fingerprint density at radius 3 is 2.63 bits per heavy atom. The first-order valence-electron chi connectivity index (χ1n) is 6.50. The molecule has 0 heterocycles. The molecule has 2 rings (SSSR count). The molecule has 0 spiro atoms. The molecule has 1 N–H and O–H groups in total. The molecule has 0 unspecified atom stereocenters. The molecule has 1 saturated carbocycles. The Morgan fingerprint density at radius 1 is 1.26 bits per heavy atom. The van der Waals surface area contributed by atoms with Crippen molar-refractivity contribution >= 4 is 12.3 Å². The van der Waals surface area contributed by atoms with Gasteiger partial charge in [0.25, 0.3) is 0 Å². The molecule has 19 heavy (non-hydrogen) atoms. The molecule has 0 radical (unpaired) electrons. The van der Waals surface area contributed by atoms with E-state index in [1.165, 1.54) is 24.8 Å². The summed E-state index contributed by atoms with van der Waals surface area (Å²) in [6, 6.07) is 5.96. The molecule has 1 aliphatic carbocycles. The van der Waals surface area contributed by atoms with Gasteiger partial charge in [-0.3, -0.25) is 4.84 Å². The van der Waals surface area contributed by atoms with Crippen molar-refractivity contribution in [3.63, 3.8) is 0 Å². The predicted octanol–water partition coefficient (Wildman–Crippen LogP) is 3.22. The van der Waals surface area contributed by atoms with E-state index >= 15 is 0 Å². The van der Waals surface area contributed by atoms with Gasteiger partial charge in [0.2, 0.25) is 0 Å². The van der Waals surface area contributed by atoms with Gasteiger partial charge in [-0.1, -0.05) is 36.6 Å². The molecule has 0 bridgehead atoms. The van der Waals surface area contributed by atoms with E-state index in [1.54, 1.807) is 12.1 Å². The van der Waals surface area contributed by atoms with Crippen LogP contribution in [0.15, 0.2) is 29.4 Å². The van der Waals surface area contributed by atoms with E-state index in [-0.39, 0.29) is 11.9 Å². The van der Waals surface area contributed by atoms with Gasteiger partial charge < -0.3 is 5.32 Å². The summed E-state index contributed by atoms with van der Waals surface area (Å²) in [4.78, 5) is 16.2. The number of amides is 1. The van der Waals surface area contributed by atoms with Crippen LogP contribution < -0.4 is 5.32 Å². The molecule has 102 valence electrons. The first kappa shape index (κ1) is 13.5. The summed E-state index contributed by atoms with van der Waals surface area (Å²) < 4.78 is 12.7. The van der Waals surface area contributed by atoms with Crippen LogP contribution in [0.2, 0.25) is 0 Å². The van der Waals surface area contributed by atoms with Crippen LogP contribution in [0.3, 0.4) is 0 Å². The predicted molar refractivity (Wildman–Crippen MR) is 70.5 cm³/mol. The molecule has 0 saturated heterocycles. The number of carbonyl (C=O) groups excluding carboxylic acids is 1. The van der Waals surface area contributed by atoms with Crippen molar-refractivity contribution in [2.75, 3.05) is 0 Å². The highest BCUT2D eigenvalue weighted by Crippen LogP contribution is 2.17. The van der Waals surface area contributed by atoms with E-state index in [2.05, 4.69) is 10.5 Å². The van der Waals surface area contributed by atoms with E-state index in [0.29, 0.717) is 5.56 Å². The number of hydrogen-bond donors (Lipinski definition) is 1. The fourth-order valence-corrected chi connectivity index (χ4v) is 2.12. The van der Waals surface area contributed by atoms with Crippen LogP contribution >= 0.6 is 0 Å². The normalized spacial score (nSPS) is 16.5. The van der Waals surface area contributed by atoms with Gasteiger partial charge in [0, 0.05) is 6.04 Å². The Hall–Kier alpha value is -1.91. The SMILES string of the molecule is O=C(NC1CCCCC1)ON=Cc1ccc(F)cc1. The summed E-state index contributed by atoms with van der Waals surface area (Å²) in [5.41, 5.74) is 0.673. The highest BCUT2D eigenvalue weighted by Gasteiger charge is 2.16.